The molecule has 2 aliphatic rings. The van der Waals surface area contributed by atoms with Crippen LogP contribution in [-0.4, -0.2) is 62.8 Å². The molecule has 6 nitrogen and oxygen atoms in total. The lowest BCUT2D eigenvalue weighted by atomic mass is 9.97. The van der Waals surface area contributed by atoms with Gasteiger partial charge in [0.15, 0.2) is 0 Å². The number of benzene rings is 2. The standard InChI is InChI=1S/C25H31Cl2N3O3S/c1-18-5-3-7-24(19(18)2)28-11-13-29(14-12-28)25(31)20-6-4-10-30(16-20)34(32,33)17-21-8-9-22(26)15-23(21)27/h3,5,7-9,15,20H,4,6,10-14,16-17H2,1-2H3/t20-/m0/s1. The van der Waals surface area contributed by atoms with Gasteiger partial charge in [0.25, 0.3) is 0 Å². The van der Waals surface area contributed by atoms with Crippen molar-refractivity contribution in [1.29, 1.82) is 0 Å². The van der Waals surface area contributed by atoms with Crippen LogP contribution in [-0.2, 0) is 20.6 Å². The third-order valence-corrected chi connectivity index (χ3v) is 9.37. The van der Waals surface area contributed by atoms with Crippen LogP contribution in [0.1, 0.15) is 29.5 Å². The van der Waals surface area contributed by atoms with Crippen LogP contribution in [0.15, 0.2) is 36.4 Å². The molecule has 2 heterocycles. The molecule has 0 aliphatic carbocycles. The number of piperazine rings is 1. The van der Waals surface area contributed by atoms with Gasteiger partial charge in [-0.05, 0) is 61.6 Å². The molecule has 1 amide bonds. The highest BCUT2D eigenvalue weighted by Gasteiger charge is 2.35. The summed E-state index contributed by atoms with van der Waals surface area (Å²) in [5.41, 5.74) is 4.28. The average molecular weight is 525 g/mol. The number of sulfonamides is 1. The van der Waals surface area contributed by atoms with Crippen LogP contribution in [0, 0.1) is 19.8 Å². The summed E-state index contributed by atoms with van der Waals surface area (Å²) in [4.78, 5) is 17.5. The average Bonchev–Trinajstić information content (AvgIpc) is 2.82. The maximum Gasteiger partial charge on any atom is 0.227 e. The zero-order valence-electron chi connectivity index (χ0n) is 19.6. The largest absolute Gasteiger partial charge is 0.368 e. The van der Waals surface area contributed by atoms with E-state index >= 15 is 0 Å². The molecular weight excluding hydrogens is 493 g/mol. The highest BCUT2D eigenvalue weighted by molar-refractivity contribution is 7.88. The van der Waals surface area contributed by atoms with Crippen molar-refractivity contribution in [1.82, 2.24) is 9.21 Å². The quantitative estimate of drug-likeness (QED) is 0.578. The van der Waals surface area contributed by atoms with Crippen molar-refractivity contribution in [2.24, 2.45) is 5.92 Å². The number of amides is 1. The van der Waals surface area contributed by atoms with Crippen molar-refractivity contribution in [3.8, 4) is 0 Å². The van der Waals surface area contributed by atoms with Gasteiger partial charge in [0.1, 0.15) is 0 Å². The highest BCUT2D eigenvalue weighted by atomic mass is 35.5. The zero-order chi connectivity index (χ0) is 24.5. The van der Waals surface area contributed by atoms with Crippen molar-refractivity contribution < 1.29 is 13.2 Å². The molecule has 0 unspecified atom stereocenters. The third kappa shape index (κ3) is 5.54. The number of nitrogens with zero attached hydrogens (tertiary/aromatic N) is 3. The van der Waals surface area contributed by atoms with Gasteiger partial charge in [-0.15, -0.1) is 0 Å². The molecule has 184 valence electrons. The Morgan fingerprint density at radius 3 is 2.47 bits per heavy atom. The van der Waals surface area contributed by atoms with Crippen molar-refractivity contribution in [3.63, 3.8) is 0 Å². The van der Waals surface area contributed by atoms with Gasteiger partial charge in [-0.25, -0.2) is 12.7 Å². The minimum atomic E-state index is -3.60. The molecule has 2 aromatic rings. The van der Waals surface area contributed by atoms with Gasteiger partial charge in [-0.2, -0.15) is 0 Å². The minimum Gasteiger partial charge on any atom is -0.368 e. The Morgan fingerprint density at radius 1 is 1.03 bits per heavy atom. The molecule has 2 aliphatic heterocycles. The predicted octanol–water partition coefficient (Wildman–Crippen LogP) is 4.50. The molecule has 4 rings (SSSR count). The van der Waals surface area contributed by atoms with Crippen LogP contribution in [0.3, 0.4) is 0 Å². The molecule has 0 radical (unpaired) electrons. The minimum absolute atomic E-state index is 0.0602. The van der Waals surface area contributed by atoms with Crippen LogP contribution in [0.5, 0.6) is 0 Å². The van der Waals surface area contributed by atoms with E-state index in [0.29, 0.717) is 48.1 Å². The predicted molar refractivity (Wildman–Crippen MR) is 138 cm³/mol. The number of aryl methyl sites for hydroxylation is 1. The van der Waals surface area contributed by atoms with Gasteiger partial charge in [-0.1, -0.05) is 41.4 Å². The van der Waals surface area contributed by atoms with Gasteiger partial charge in [0.05, 0.1) is 11.7 Å². The van der Waals surface area contributed by atoms with Crippen molar-refractivity contribution in [2.75, 3.05) is 44.2 Å². The summed E-state index contributed by atoms with van der Waals surface area (Å²) in [7, 11) is -3.60. The molecule has 34 heavy (non-hydrogen) atoms. The van der Waals surface area contributed by atoms with Crippen LogP contribution in [0.4, 0.5) is 5.69 Å². The van der Waals surface area contributed by atoms with E-state index in [0.717, 1.165) is 13.1 Å². The maximum absolute atomic E-state index is 13.3. The van der Waals surface area contributed by atoms with Crippen LogP contribution in [0.2, 0.25) is 10.0 Å². The summed E-state index contributed by atoms with van der Waals surface area (Å²) < 4.78 is 27.7. The number of hydrogen-bond acceptors (Lipinski definition) is 4. The second-order valence-electron chi connectivity index (χ2n) is 9.22. The molecule has 0 bridgehead atoms. The zero-order valence-corrected chi connectivity index (χ0v) is 22.0. The molecule has 0 saturated carbocycles. The van der Waals surface area contributed by atoms with E-state index in [9.17, 15) is 13.2 Å². The summed E-state index contributed by atoms with van der Waals surface area (Å²) in [6, 6.07) is 11.2. The van der Waals surface area contributed by atoms with E-state index in [-0.39, 0.29) is 24.1 Å². The Morgan fingerprint density at radius 2 is 1.76 bits per heavy atom. The lowest BCUT2D eigenvalue weighted by molar-refractivity contribution is -0.137. The Kier molecular flexibility index (Phi) is 7.77. The molecule has 2 saturated heterocycles. The first-order valence-electron chi connectivity index (χ1n) is 11.7. The van der Waals surface area contributed by atoms with Gasteiger partial charge in [-0.3, -0.25) is 4.79 Å². The molecule has 0 N–H and O–H groups in total. The number of carbonyl (C=O) groups excluding carboxylic acids is 1. The summed E-state index contributed by atoms with van der Waals surface area (Å²) >= 11 is 12.1. The fraction of sp³-hybridized carbons (Fsp3) is 0.480. The lowest BCUT2D eigenvalue weighted by Gasteiger charge is -2.40. The molecule has 1 atom stereocenters. The van der Waals surface area contributed by atoms with Crippen LogP contribution >= 0.6 is 23.2 Å². The number of rotatable bonds is 5. The summed E-state index contributed by atoms with van der Waals surface area (Å²) in [6.45, 7) is 7.76. The van der Waals surface area contributed by atoms with Gasteiger partial charge >= 0.3 is 0 Å². The number of anilines is 1. The molecule has 2 aromatic carbocycles. The second kappa shape index (κ2) is 10.4. The molecule has 0 spiro atoms. The number of hydrogen-bond donors (Lipinski definition) is 0. The van der Waals surface area contributed by atoms with Crippen LogP contribution in [0.25, 0.3) is 0 Å². The lowest BCUT2D eigenvalue weighted by Crippen LogP contribution is -2.53. The van der Waals surface area contributed by atoms with E-state index in [2.05, 4.69) is 36.9 Å². The fourth-order valence-electron chi connectivity index (χ4n) is 4.83. The van der Waals surface area contributed by atoms with Gasteiger partial charge < -0.3 is 9.80 Å². The Hall–Kier alpha value is -1.80. The van der Waals surface area contributed by atoms with Crippen molar-refractivity contribution in [3.05, 3.63) is 63.1 Å². The second-order valence-corrected chi connectivity index (χ2v) is 12.0. The van der Waals surface area contributed by atoms with E-state index < -0.39 is 10.0 Å². The maximum atomic E-state index is 13.3. The van der Waals surface area contributed by atoms with Gasteiger partial charge in [0.2, 0.25) is 15.9 Å². The Bertz CT molecular complexity index is 1160. The summed E-state index contributed by atoms with van der Waals surface area (Å²) in [5.74, 6) is -0.445. The molecular formula is C25H31Cl2N3O3S. The Balaban J connectivity index is 1.37. The molecule has 9 heteroatoms. The van der Waals surface area contributed by atoms with Crippen LogP contribution < -0.4 is 4.90 Å². The Labute approximate surface area is 212 Å². The first-order valence-corrected chi connectivity index (χ1v) is 14.0. The summed E-state index contributed by atoms with van der Waals surface area (Å²) in [6.07, 6.45) is 1.39. The normalized spacial score (nSPS) is 19.9. The fourth-order valence-corrected chi connectivity index (χ4v) is 7.02. The molecule has 0 aromatic heterocycles. The monoisotopic (exact) mass is 523 g/mol. The number of piperidine rings is 1. The SMILES string of the molecule is Cc1cccc(N2CCN(C(=O)[C@H]3CCCN(S(=O)(=O)Cc4ccc(Cl)cc4Cl)C3)CC2)c1C. The first kappa shape index (κ1) is 25.3. The van der Waals surface area contributed by atoms with Crippen molar-refractivity contribution >= 4 is 44.8 Å². The number of carbonyl (C=O) groups is 1. The van der Waals surface area contributed by atoms with Crippen molar-refractivity contribution in [2.45, 2.75) is 32.4 Å². The van der Waals surface area contributed by atoms with Gasteiger partial charge in [0, 0.05) is 55.0 Å². The highest BCUT2D eigenvalue weighted by Crippen LogP contribution is 2.28. The van der Waals surface area contributed by atoms with E-state index in [1.165, 1.54) is 21.1 Å². The number of halogens is 2. The molecule has 2 fully saturated rings. The van der Waals surface area contributed by atoms with E-state index in [1.807, 2.05) is 4.90 Å². The van der Waals surface area contributed by atoms with E-state index in [1.54, 1.807) is 18.2 Å². The van der Waals surface area contributed by atoms with E-state index in [4.69, 9.17) is 23.2 Å². The summed E-state index contributed by atoms with van der Waals surface area (Å²) in [5, 5.41) is 0.801. The third-order valence-electron chi connectivity index (χ3n) is 6.99. The first-order chi connectivity index (χ1) is 16.2. The smallest absolute Gasteiger partial charge is 0.227 e. The topological polar surface area (TPSA) is 60.9 Å².